The molecular weight excluding hydrogens is 416 g/mol. The van der Waals surface area contributed by atoms with Crippen LogP contribution >= 0.6 is 0 Å². The van der Waals surface area contributed by atoms with Gasteiger partial charge in [0.05, 0.1) is 23.8 Å². The molecule has 7 heteroatoms. The number of nitrogens with zero attached hydrogens (tertiary/aromatic N) is 2. The van der Waals surface area contributed by atoms with E-state index >= 15 is 0 Å². The monoisotopic (exact) mass is 442 g/mol. The van der Waals surface area contributed by atoms with Crippen LogP contribution in [-0.2, 0) is 17.8 Å². The maximum Gasteiger partial charge on any atom is 0.251 e. The molecule has 0 fully saturated rings. The Kier molecular flexibility index (Phi) is 6.69. The lowest BCUT2D eigenvalue weighted by molar-refractivity contribution is -0.116. The maximum absolute atomic E-state index is 12.9. The van der Waals surface area contributed by atoms with Gasteiger partial charge in [-0.15, -0.1) is 0 Å². The molecule has 4 rings (SSSR count). The lowest BCUT2D eigenvalue weighted by Gasteiger charge is -2.13. The molecule has 0 saturated heterocycles. The van der Waals surface area contributed by atoms with Crippen molar-refractivity contribution in [2.24, 2.45) is 0 Å². The SMILES string of the molecule is COc1ccccc1NC(=O)Cn1c(CCNC(=O)c2ccccc2C)nc2ccccc21. The van der Waals surface area contributed by atoms with Crippen LogP contribution in [0.15, 0.2) is 72.8 Å². The summed E-state index contributed by atoms with van der Waals surface area (Å²) in [5.74, 6) is 1.02. The topological polar surface area (TPSA) is 85.2 Å². The number of amides is 2. The van der Waals surface area contributed by atoms with E-state index in [4.69, 9.17) is 9.72 Å². The first-order valence-electron chi connectivity index (χ1n) is 10.8. The summed E-state index contributed by atoms with van der Waals surface area (Å²) >= 11 is 0. The molecule has 0 spiro atoms. The van der Waals surface area contributed by atoms with Crippen molar-refractivity contribution in [3.05, 3.63) is 89.7 Å². The first-order chi connectivity index (χ1) is 16.1. The molecule has 4 aromatic rings. The number of para-hydroxylation sites is 4. The predicted molar refractivity (Wildman–Crippen MR) is 129 cm³/mol. The summed E-state index contributed by atoms with van der Waals surface area (Å²) in [4.78, 5) is 30.1. The van der Waals surface area contributed by atoms with E-state index in [0.29, 0.717) is 30.0 Å². The summed E-state index contributed by atoms with van der Waals surface area (Å²) in [5.41, 5.74) is 3.87. The van der Waals surface area contributed by atoms with E-state index < -0.39 is 0 Å². The van der Waals surface area contributed by atoms with Gasteiger partial charge in [-0.3, -0.25) is 9.59 Å². The third-order valence-corrected chi connectivity index (χ3v) is 5.44. The summed E-state index contributed by atoms with van der Waals surface area (Å²) in [5, 5.41) is 5.87. The molecule has 2 amide bonds. The van der Waals surface area contributed by atoms with Crippen LogP contribution in [0, 0.1) is 6.92 Å². The van der Waals surface area contributed by atoms with Crippen LogP contribution < -0.4 is 15.4 Å². The average molecular weight is 443 g/mol. The molecule has 7 nitrogen and oxygen atoms in total. The van der Waals surface area contributed by atoms with Crippen molar-refractivity contribution >= 4 is 28.5 Å². The Morgan fingerprint density at radius 1 is 0.970 bits per heavy atom. The van der Waals surface area contributed by atoms with Gasteiger partial charge in [0, 0.05) is 18.5 Å². The smallest absolute Gasteiger partial charge is 0.251 e. The molecule has 1 heterocycles. The van der Waals surface area contributed by atoms with Crippen LogP contribution in [0.1, 0.15) is 21.7 Å². The number of nitrogens with one attached hydrogen (secondary N) is 2. The minimum Gasteiger partial charge on any atom is -0.495 e. The maximum atomic E-state index is 12.9. The Morgan fingerprint density at radius 3 is 2.52 bits per heavy atom. The molecule has 0 unspecified atom stereocenters. The van der Waals surface area contributed by atoms with Crippen molar-refractivity contribution in [3.8, 4) is 5.75 Å². The fraction of sp³-hybridized carbons (Fsp3) is 0.192. The molecule has 0 bridgehead atoms. The van der Waals surface area contributed by atoms with E-state index in [0.717, 1.165) is 22.4 Å². The molecular formula is C26H26N4O3. The first-order valence-corrected chi connectivity index (χ1v) is 10.8. The quantitative estimate of drug-likeness (QED) is 0.433. The number of anilines is 1. The fourth-order valence-electron chi connectivity index (χ4n) is 3.78. The minimum atomic E-state index is -0.187. The number of carbonyl (C=O) groups is 2. The van der Waals surface area contributed by atoms with Gasteiger partial charge < -0.3 is 19.9 Å². The second-order valence-electron chi connectivity index (χ2n) is 7.67. The highest BCUT2D eigenvalue weighted by molar-refractivity contribution is 5.95. The molecule has 3 aromatic carbocycles. The molecule has 0 aliphatic heterocycles. The zero-order chi connectivity index (χ0) is 23.2. The van der Waals surface area contributed by atoms with Crippen LogP contribution in [0.5, 0.6) is 5.75 Å². The molecule has 2 N–H and O–H groups in total. The number of aryl methyl sites for hydroxylation is 1. The van der Waals surface area contributed by atoms with E-state index in [1.165, 1.54) is 0 Å². The summed E-state index contributed by atoms with van der Waals surface area (Å²) < 4.78 is 7.21. The highest BCUT2D eigenvalue weighted by Crippen LogP contribution is 2.23. The minimum absolute atomic E-state index is 0.0969. The lowest BCUT2D eigenvalue weighted by atomic mass is 10.1. The fourth-order valence-corrected chi connectivity index (χ4v) is 3.78. The number of hydrogen-bond acceptors (Lipinski definition) is 4. The second kappa shape index (κ2) is 9.99. The number of hydrogen-bond donors (Lipinski definition) is 2. The van der Waals surface area contributed by atoms with Crippen LogP contribution in [-0.4, -0.2) is 35.0 Å². The number of carbonyl (C=O) groups excluding carboxylic acids is 2. The van der Waals surface area contributed by atoms with Crippen molar-refractivity contribution in [3.63, 3.8) is 0 Å². The molecule has 33 heavy (non-hydrogen) atoms. The van der Waals surface area contributed by atoms with Crippen molar-refractivity contribution in [1.82, 2.24) is 14.9 Å². The predicted octanol–water partition coefficient (Wildman–Crippen LogP) is 3.96. The van der Waals surface area contributed by atoms with Crippen molar-refractivity contribution in [2.75, 3.05) is 19.0 Å². The highest BCUT2D eigenvalue weighted by atomic mass is 16.5. The molecule has 0 atom stereocenters. The molecule has 0 saturated carbocycles. The summed E-state index contributed by atoms with van der Waals surface area (Å²) in [7, 11) is 1.57. The van der Waals surface area contributed by atoms with Crippen LogP contribution in [0.4, 0.5) is 5.69 Å². The normalized spacial score (nSPS) is 10.7. The van der Waals surface area contributed by atoms with Gasteiger partial charge in [0.25, 0.3) is 5.91 Å². The number of rotatable bonds is 8. The molecule has 0 radical (unpaired) electrons. The molecule has 1 aromatic heterocycles. The number of methoxy groups -OCH3 is 1. The highest BCUT2D eigenvalue weighted by Gasteiger charge is 2.15. The van der Waals surface area contributed by atoms with Crippen molar-refractivity contribution in [2.45, 2.75) is 19.9 Å². The Labute approximate surface area is 192 Å². The number of benzene rings is 3. The largest absolute Gasteiger partial charge is 0.495 e. The molecule has 0 aliphatic carbocycles. The van der Waals surface area contributed by atoms with Gasteiger partial charge in [-0.2, -0.15) is 0 Å². The van der Waals surface area contributed by atoms with Crippen LogP contribution in [0.25, 0.3) is 11.0 Å². The molecule has 0 aliphatic rings. The van der Waals surface area contributed by atoms with Crippen molar-refractivity contribution < 1.29 is 14.3 Å². The van der Waals surface area contributed by atoms with Crippen LogP contribution in [0.2, 0.25) is 0 Å². The third kappa shape index (κ3) is 5.03. The van der Waals surface area contributed by atoms with E-state index in [1.54, 1.807) is 19.2 Å². The van der Waals surface area contributed by atoms with Gasteiger partial charge >= 0.3 is 0 Å². The zero-order valence-electron chi connectivity index (χ0n) is 18.7. The van der Waals surface area contributed by atoms with E-state index in [-0.39, 0.29) is 18.4 Å². The number of fused-ring (bicyclic) bond motifs is 1. The van der Waals surface area contributed by atoms with E-state index in [1.807, 2.05) is 72.2 Å². The average Bonchev–Trinajstić information content (AvgIpc) is 3.16. The molecule has 168 valence electrons. The van der Waals surface area contributed by atoms with Gasteiger partial charge in [-0.05, 0) is 42.8 Å². The van der Waals surface area contributed by atoms with Gasteiger partial charge in [0.1, 0.15) is 18.1 Å². The summed E-state index contributed by atoms with van der Waals surface area (Å²) in [6, 6.07) is 22.4. The first kappa shape index (κ1) is 22.1. The summed E-state index contributed by atoms with van der Waals surface area (Å²) in [6.07, 6.45) is 0.494. The number of ether oxygens (including phenoxy) is 1. The standard InChI is InChI=1S/C26H26N4O3/c1-18-9-3-4-10-19(18)26(32)27-16-15-24-28-20-11-5-7-13-22(20)30(24)17-25(31)29-21-12-6-8-14-23(21)33-2/h3-14H,15-17H2,1-2H3,(H,27,32)(H,29,31). The Balaban J connectivity index is 1.49. The van der Waals surface area contributed by atoms with Crippen molar-refractivity contribution in [1.29, 1.82) is 0 Å². The van der Waals surface area contributed by atoms with E-state index in [9.17, 15) is 9.59 Å². The Morgan fingerprint density at radius 2 is 1.70 bits per heavy atom. The summed E-state index contributed by atoms with van der Waals surface area (Å²) in [6.45, 7) is 2.42. The van der Waals surface area contributed by atoms with Crippen LogP contribution in [0.3, 0.4) is 0 Å². The zero-order valence-corrected chi connectivity index (χ0v) is 18.7. The lowest BCUT2D eigenvalue weighted by Crippen LogP contribution is -2.27. The Bertz CT molecular complexity index is 1300. The van der Waals surface area contributed by atoms with Gasteiger partial charge in [0.2, 0.25) is 5.91 Å². The van der Waals surface area contributed by atoms with Gasteiger partial charge in [-0.25, -0.2) is 4.98 Å². The van der Waals surface area contributed by atoms with E-state index in [2.05, 4.69) is 10.6 Å². The third-order valence-electron chi connectivity index (χ3n) is 5.44. The number of aromatic nitrogens is 2. The van der Waals surface area contributed by atoms with Gasteiger partial charge in [0.15, 0.2) is 0 Å². The number of imidazole rings is 1. The second-order valence-corrected chi connectivity index (χ2v) is 7.67. The Hall–Kier alpha value is -4.13. The van der Waals surface area contributed by atoms with Gasteiger partial charge in [-0.1, -0.05) is 42.5 Å².